The van der Waals surface area contributed by atoms with Crippen LogP contribution in [-0.2, 0) is 0 Å². The van der Waals surface area contributed by atoms with Gasteiger partial charge in [0.2, 0.25) is 5.17 Å². The Morgan fingerprint density at radius 1 is 1.67 bits per heavy atom. The van der Waals surface area contributed by atoms with Crippen LogP contribution in [0.15, 0.2) is 16.8 Å². The normalized spacial score (nSPS) is 15.2. The highest BCUT2D eigenvalue weighted by molar-refractivity contribution is 6.69. The van der Waals surface area contributed by atoms with Crippen molar-refractivity contribution in [2.45, 2.75) is 38.6 Å². The first-order valence-electron chi connectivity index (χ1n) is 4.71. The van der Waals surface area contributed by atoms with Crippen molar-refractivity contribution in [3.8, 4) is 0 Å². The largest absolute Gasteiger partial charge is 0.301 e. The Bertz CT molecular complexity index is 277. The van der Waals surface area contributed by atoms with Crippen LogP contribution in [0.1, 0.15) is 33.1 Å². The van der Waals surface area contributed by atoms with Crippen LogP contribution in [0.2, 0.25) is 0 Å². The van der Waals surface area contributed by atoms with E-state index in [1.807, 2.05) is 6.92 Å². The number of halogens is 2. The molecule has 0 N–H and O–H groups in total. The van der Waals surface area contributed by atoms with Crippen LogP contribution in [0.25, 0.3) is 0 Å². The number of alkyl halides is 1. The molecular formula is C9H14Cl2N2O2. The Morgan fingerprint density at radius 3 is 2.67 bits per heavy atom. The minimum Gasteiger partial charge on any atom is -0.258 e. The topological polar surface area (TPSA) is 55.5 Å². The molecule has 0 aromatic carbocycles. The summed E-state index contributed by atoms with van der Waals surface area (Å²) in [6.45, 7) is 3.56. The minimum absolute atomic E-state index is 0.140. The van der Waals surface area contributed by atoms with Gasteiger partial charge in [-0.25, -0.2) is 4.99 Å². The van der Waals surface area contributed by atoms with Gasteiger partial charge in [-0.05, 0) is 19.4 Å². The first-order valence-corrected chi connectivity index (χ1v) is 5.52. The van der Waals surface area contributed by atoms with E-state index in [0.717, 1.165) is 12.8 Å². The van der Waals surface area contributed by atoms with Gasteiger partial charge >= 0.3 is 5.70 Å². The Kier molecular flexibility index (Phi) is 7.34. The van der Waals surface area contributed by atoms with Crippen molar-refractivity contribution < 1.29 is 4.92 Å². The van der Waals surface area contributed by atoms with Crippen LogP contribution < -0.4 is 0 Å². The lowest BCUT2D eigenvalue weighted by molar-refractivity contribution is -0.414. The van der Waals surface area contributed by atoms with Crippen LogP contribution in [0.4, 0.5) is 0 Å². The van der Waals surface area contributed by atoms with Crippen LogP contribution >= 0.6 is 23.2 Å². The van der Waals surface area contributed by atoms with Gasteiger partial charge in [0.05, 0.1) is 4.92 Å². The van der Waals surface area contributed by atoms with E-state index < -0.39 is 10.4 Å². The molecule has 0 aromatic heterocycles. The second kappa shape index (κ2) is 7.65. The third kappa shape index (κ3) is 5.74. The summed E-state index contributed by atoms with van der Waals surface area (Å²) in [5, 5.41) is 10.4. The monoisotopic (exact) mass is 252 g/mol. The van der Waals surface area contributed by atoms with Gasteiger partial charge in [0.15, 0.2) is 0 Å². The van der Waals surface area contributed by atoms with Crippen molar-refractivity contribution in [1.82, 2.24) is 0 Å². The molecule has 0 spiro atoms. The summed E-state index contributed by atoms with van der Waals surface area (Å²) in [5.74, 6) is 0. The van der Waals surface area contributed by atoms with Crippen molar-refractivity contribution in [3.63, 3.8) is 0 Å². The molecule has 0 radical (unpaired) electrons. The average molecular weight is 253 g/mol. The summed E-state index contributed by atoms with van der Waals surface area (Å²) in [6, 6.07) is 0. The minimum atomic E-state index is -0.574. The zero-order chi connectivity index (χ0) is 11.8. The molecule has 4 nitrogen and oxygen atoms in total. The summed E-state index contributed by atoms with van der Waals surface area (Å²) >= 11 is 11.5. The highest BCUT2D eigenvalue weighted by atomic mass is 35.5. The number of unbranched alkanes of at least 4 members (excludes halogenated alkanes) is 1. The maximum atomic E-state index is 10.5. The molecule has 6 heteroatoms. The molecule has 0 aliphatic carbocycles. The number of hydrogen-bond donors (Lipinski definition) is 0. The highest BCUT2D eigenvalue weighted by Gasteiger charge is 2.16. The molecule has 15 heavy (non-hydrogen) atoms. The van der Waals surface area contributed by atoms with E-state index in [0.29, 0.717) is 6.42 Å². The molecule has 0 bridgehead atoms. The van der Waals surface area contributed by atoms with Crippen LogP contribution in [0.3, 0.4) is 0 Å². The van der Waals surface area contributed by atoms with Crippen LogP contribution in [-0.4, -0.2) is 15.6 Å². The third-order valence-electron chi connectivity index (χ3n) is 1.73. The predicted molar refractivity (Wildman–Crippen MR) is 63.2 cm³/mol. The smallest absolute Gasteiger partial charge is 0.258 e. The summed E-state index contributed by atoms with van der Waals surface area (Å²) in [7, 11) is 0. The van der Waals surface area contributed by atoms with Gasteiger partial charge in [-0.3, -0.25) is 10.1 Å². The zero-order valence-corrected chi connectivity index (χ0v) is 10.3. The van der Waals surface area contributed by atoms with E-state index in [4.69, 9.17) is 23.2 Å². The number of rotatable bonds is 6. The summed E-state index contributed by atoms with van der Waals surface area (Å²) in [6.07, 6.45) is 3.89. The molecule has 0 heterocycles. The first kappa shape index (κ1) is 14.4. The predicted octanol–water partition coefficient (Wildman–Crippen LogP) is 3.56. The Morgan fingerprint density at radius 2 is 2.27 bits per heavy atom. The fraction of sp³-hybridized carbons (Fsp3) is 0.667. The SMILES string of the molecule is C/C=C(\C(Cl)=NC(Cl)CCCC)[N+](=O)[O-]. The molecule has 0 aliphatic rings. The second-order valence-electron chi connectivity index (χ2n) is 2.93. The van der Waals surface area contributed by atoms with Gasteiger partial charge in [-0.15, -0.1) is 0 Å². The Balaban J connectivity index is 4.46. The molecule has 0 saturated carbocycles. The number of hydrogen-bond acceptors (Lipinski definition) is 3. The first-order chi connectivity index (χ1) is 7.02. The summed E-state index contributed by atoms with van der Waals surface area (Å²) in [5.41, 5.74) is -0.703. The van der Waals surface area contributed by atoms with Crippen molar-refractivity contribution in [2.24, 2.45) is 4.99 Å². The Hall–Kier alpha value is -0.610. The molecule has 0 aromatic rings. The summed E-state index contributed by atoms with van der Waals surface area (Å²) in [4.78, 5) is 13.8. The van der Waals surface area contributed by atoms with Crippen LogP contribution in [0, 0.1) is 10.1 Å². The fourth-order valence-electron chi connectivity index (χ4n) is 0.926. The van der Waals surface area contributed by atoms with Gasteiger partial charge in [0.1, 0.15) is 5.50 Å². The second-order valence-corrected chi connectivity index (χ2v) is 3.79. The summed E-state index contributed by atoms with van der Waals surface area (Å²) < 4.78 is 0. The van der Waals surface area contributed by atoms with Gasteiger partial charge in [-0.2, -0.15) is 0 Å². The van der Waals surface area contributed by atoms with E-state index >= 15 is 0 Å². The molecule has 0 aliphatic heterocycles. The molecule has 1 unspecified atom stereocenters. The number of allylic oxidation sites excluding steroid dienone is 2. The fourth-order valence-corrected chi connectivity index (χ4v) is 1.52. The van der Waals surface area contributed by atoms with E-state index in [1.54, 1.807) is 0 Å². The van der Waals surface area contributed by atoms with Gasteiger partial charge < -0.3 is 0 Å². The zero-order valence-electron chi connectivity index (χ0n) is 8.74. The van der Waals surface area contributed by atoms with Gasteiger partial charge in [0.25, 0.3) is 0 Å². The van der Waals surface area contributed by atoms with E-state index in [9.17, 15) is 10.1 Å². The maximum absolute atomic E-state index is 10.5. The molecule has 0 fully saturated rings. The number of aliphatic imine (C=N–C) groups is 1. The third-order valence-corrected chi connectivity index (χ3v) is 2.34. The lowest BCUT2D eigenvalue weighted by Gasteiger charge is -2.03. The van der Waals surface area contributed by atoms with E-state index in [2.05, 4.69) is 4.99 Å². The molecular weight excluding hydrogens is 239 g/mol. The maximum Gasteiger partial charge on any atom is 0.301 e. The van der Waals surface area contributed by atoms with Crippen molar-refractivity contribution >= 4 is 28.4 Å². The van der Waals surface area contributed by atoms with Crippen LogP contribution in [0.5, 0.6) is 0 Å². The molecule has 0 amide bonds. The number of nitrogens with zero attached hydrogens (tertiary/aromatic N) is 2. The highest BCUT2D eigenvalue weighted by Crippen LogP contribution is 2.13. The van der Waals surface area contributed by atoms with Crippen molar-refractivity contribution in [2.75, 3.05) is 0 Å². The van der Waals surface area contributed by atoms with E-state index in [-0.39, 0.29) is 10.9 Å². The van der Waals surface area contributed by atoms with Crippen molar-refractivity contribution in [1.29, 1.82) is 0 Å². The quantitative estimate of drug-likeness (QED) is 0.239. The molecule has 0 rings (SSSR count). The molecule has 86 valence electrons. The standard InChI is InChI=1S/C9H14Cl2N2O2/c1-3-5-6-8(10)12-9(11)7(4-2)13(14)15/h4,8H,3,5-6H2,1-2H3/b7-4+,12-9?. The van der Waals surface area contributed by atoms with Gasteiger partial charge in [0, 0.05) is 0 Å². The van der Waals surface area contributed by atoms with Gasteiger partial charge in [-0.1, -0.05) is 43.0 Å². The molecule has 1 atom stereocenters. The lowest BCUT2D eigenvalue weighted by Crippen LogP contribution is -2.08. The Labute approximate surface area is 99.1 Å². The van der Waals surface area contributed by atoms with E-state index in [1.165, 1.54) is 13.0 Å². The number of nitro groups is 1. The molecule has 0 saturated heterocycles. The van der Waals surface area contributed by atoms with Crippen molar-refractivity contribution in [3.05, 3.63) is 21.9 Å². The lowest BCUT2D eigenvalue weighted by atomic mass is 10.2. The average Bonchev–Trinajstić information content (AvgIpc) is 2.15.